The van der Waals surface area contributed by atoms with E-state index in [1.807, 2.05) is 19.1 Å². The summed E-state index contributed by atoms with van der Waals surface area (Å²) in [6, 6.07) is 8.16. The molecule has 21 heavy (non-hydrogen) atoms. The van der Waals surface area contributed by atoms with Crippen molar-refractivity contribution < 1.29 is 14.7 Å². The van der Waals surface area contributed by atoms with Crippen molar-refractivity contribution >= 4 is 11.9 Å². The number of hydrogen-bond donors (Lipinski definition) is 1. The zero-order valence-corrected chi connectivity index (χ0v) is 12.8. The molecule has 0 spiro atoms. The Bertz CT molecular complexity index is 541. The summed E-state index contributed by atoms with van der Waals surface area (Å²) in [6.07, 6.45) is 3.50. The number of benzene rings is 1. The Morgan fingerprint density at radius 1 is 1.33 bits per heavy atom. The van der Waals surface area contributed by atoms with Gasteiger partial charge < -0.3 is 10.0 Å². The van der Waals surface area contributed by atoms with Crippen LogP contribution in [0.3, 0.4) is 0 Å². The van der Waals surface area contributed by atoms with Gasteiger partial charge in [-0.3, -0.25) is 9.59 Å². The van der Waals surface area contributed by atoms with Crippen LogP contribution in [0.15, 0.2) is 24.3 Å². The van der Waals surface area contributed by atoms with Gasteiger partial charge in [-0.05, 0) is 43.7 Å². The highest BCUT2D eigenvalue weighted by Crippen LogP contribution is 2.38. The number of fused-ring (bicyclic) bond motifs is 1. The molecule has 1 aromatic carbocycles. The molecule has 4 nitrogen and oxygen atoms in total. The van der Waals surface area contributed by atoms with Crippen molar-refractivity contribution in [2.24, 2.45) is 0 Å². The van der Waals surface area contributed by atoms with Gasteiger partial charge in [-0.1, -0.05) is 24.3 Å². The molecule has 2 rings (SSSR count). The predicted octanol–water partition coefficient (Wildman–Crippen LogP) is 2.60. The van der Waals surface area contributed by atoms with E-state index in [1.165, 1.54) is 5.56 Å². The molecule has 0 saturated carbocycles. The number of nitrogens with zero attached hydrogens (tertiary/aromatic N) is 1. The van der Waals surface area contributed by atoms with Crippen molar-refractivity contribution in [3.05, 3.63) is 35.4 Å². The highest BCUT2D eigenvalue weighted by Gasteiger charge is 2.40. The third-order valence-electron chi connectivity index (χ3n) is 4.44. The van der Waals surface area contributed by atoms with Crippen LogP contribution < -0.4 is 0 Å². The Hall–Kier alpha value is -1.84. The zero-order valence-electron chi connectivity index (χ0n) is 12.8. The maximum absolute atomic E-state index is 12.8. The molecule has 1 unspecified atom stereocenters. The van der Waals surface area contributed by atoms with Gasteiger partial charge in [0.05, 0.1) is 5.41 Å². The first-order valence-electron chi connectivity index (χ1n) is 7.51. The topological polar surface area (TPSA) is 57.6 Å². The van der Waals surface area contributed by atoms with Crippen molar-refractivity contribution in [1.82, 2.24) is 4.90 Å². The molecule has 0 fully saturated rings. The first-order valence-corrected chi connectivity index (χ1v) is 7.51. The van der Waals surface area contributed by atoms with E-state index in [0.29, 0.717) is 13.0 Å². The molecule has 114 valence electrons. The second kappa shape index (κ2) is 6.29. The molecule has 1 aliphatic carbocycles. The molecule has 1 aliphatic rings. The van der Waals surface area contributed by atoms with Crippen LogP contribution in [0.1, 0.15) is 43.7 Å². The highest BCUT2D eigenvalue weighted by atomic mass is 16.4. The molecular weight excluding hydrogens is 266 g/mol. The third-order valence-corrected chi connectivity index (χ3v) is 4.44. The van der Waals surface area contributed by atoms with E-state index in [1.54, 1.807) is 11.9 Å². The normalized spacial score (nSPS) is 20.7. The molecular formula is C17H23NO3. The van der Waals surface area contributed by atoms with Crippen LogP contribution >= 0.6 is 0 Å². The van der Waals surface area contributed by atoms with Gasteiger partial charge >= 0.3 is 5.97 Å². The van der Waals surface area contributed by atoms with E-state index in [4.69, 9.17) is 5.11 Å². The fraction of sp³-hybridized carbons (Fsp3) is 0.529. The molecule has 1 atom stereocenters. The lowest BCUT2D eigenvalue weighted by Gasteiger charge is -2.37. The number of likely N-dealkylation sites (N-methyl/N-ethyl adjacent to an activating group) is 1. The first kappa shape index (κ1) is 15.5. The lowest BCUT2D eigenvalue weighted by Crippen LogP contribution is -2.45. The fourth-order valence-electron chi connectivity index (χ4n) is 3.26. The van der Waals surface area contributed by atoms with Gasteiger partial charge in [-0.25, -0.2) is 0 Å². The maximum Gasteiger partial charge on any atom is 0.303 e. The lowest BCUT2D eigenvalue weighted by atomic mass is 9.70. The van der Waals surface area contributed by atoms with E-state index in [-0.39, 0.29) is 12.3 Å². The molecule has 1 amide bonds. The van der Waals surface area contributed by atoms with Crippen molar-refractivity contribution in [3.63, 3.8) is 0 Å². The standard InChI is InChI=1S/C17H23NO3/c1-17(16(21)18(2)12-6-10-15(19)20)11-5-8-13-7-3-4-9-14(13)17/h3-4,7,9H,5-6,8,10-12H2,1-2H3,(H,19,20). The zero-order chi connectivity index (χ0) is 15.5. The van der Waals surface area contributed by atoms with E-state index < -0.39 is 11.4 Å². The molecule has 0 saturated heterocycles. The fourth-order valence-corrected chi connectivity index (χ4v) is 3.26. The Morgan fingerprint density at radius 3 is 2.76 bits per heavy atom. The van der Waals surface area contributed by atoms with Crippen LogP contribution in [0.5, 0.6) is 0 Å². The van der Waals surface area contributed by atoms with Gasteiger partial charge in [0.15, 0.2) is 0 Å². The molecule has 0 heterocycles. The average Bonchev–Trinajstić information content (AvgIpc) is 2.46. The largest absolute Gasteiger partial charge is 0.481 e. The van der Waals surface area contributed by atoms with Gasteiger partial charge in [0.25, 0.3) is 0 Å². The predicted molar refractivity (Wildman–Crippen MR) is 81.2 cm³/mol. The number of carbonyl (C=O) groups is 2. The average molecular weight is 289 g/mol. The quantitative estimate of drug-likeness (QED) is 0.906. The monoisotopic (exact) mass is 289 g/mol. The van der Waals surface area contributed by atoms with Crippen LogP contribution in [-0.4, -0.2) is 35.5 Å². The summed E-state index contributed by atoms with van der Waals surface area (Å²) in [5, 5.41) is 8.69. The van der Waals surface area contributed by atoms with Crippen molar-refractivity contribution in [2.45, 2.75) is 44.4 Å². The highest BCUT2D eigenvalue weighted by molar-refractivity contribution is 5.88. The number of carbonyl (C=O) groups excluding carboxylic acids is 1. The molecule has 0 bridgehead atoms. The number of aryl methyl sites for hydroxylation is 1. The second-order valence-electron chi connectivity index (χ2n) is 6.07. The van der Waals surface area contributed by atoms with Gasteiger partial charge in [0.2, 0.25) is 5.91 Å². The van der Waals surface area contributed by atoms with Crippen molar-refractivity contribution in [1.29, 1.82) is 0 Å². The molecule has 4 heteroatoms. The van der Waals surface area contributed by atoms with Crippen LogP contribution in [-0.2, 0) is 21.4 Å². The number of aliphatic carboxylic acids is 1. The number of hydrogen-bond acceptors (Lipinski definition) is 2. The number of carboxylic acid groups (broad SMARTS) is 1. The summed E-state index contributed by atoms with van der Waals surface area (Å²) in [4.78, 5) is 25.1. The Kier molecular flexibility index (Phi) is 4.66. The molecule has 0 radical (unpaired) electrons. The second-order valence-corrected chi connectivity index (χ2v) is 6.07. The van der Waals surface area contributed by atoms with Gasteiger partial charge in [-0.2, -0.15) is 0 Å². The van der Waals surface area contributed by atoms with Crippen LogP contribution in [0.25, 0.3) is 0 Å². The minimum absolute atomic E-state index is 0.0973. The van der Waals surface area contributed by atoms with Gasteiger partial charge in [0.1, 0.15) is 0 Å². The Morgan fingerprint density at radius 2 is 2.05 bits per heavy atom. The van der Waals surface area contributed by atoms with E-state index in [9.17, 15) is 9.59 Å². The summed E-state index contributed by atoms with van der Waals surface area (Å²) in [7, 11) is 1.77. The third kappa shape index (κ3) is 3.26. The summed E-state index contributed by atoms with van der Waals surface area (Å²) in [5.41, 5.74) is 1.91. The summed E-state index contributed by atoms with van der Waals surface area (Å²) >= 11 is 0. The van der Waals surface area contributed by atoms with E-state index in [0.717, 1.165) is 24.8 Å². The van der Waals surface area contributed by atoms with E-state index >= 15 is 0 Å². The summed E-state index contributed by atoms with van der Waals surface area (Å²) < 4.78 is 0. The first-order chi connectivity index (χ1) is 9.95. The minimum Gasteiger partial charge on any atom is -0.481 e. The molecule has 1 aromatic rings. The molecule has 1 N–H and O–H groups in total. The maximum atomic E-state index is 12.8. The summed E-state index contributed by atoms with van der Waals surface area (Å²) in [5.74, 6) is -0.717. The molecule has 0 aromatic heterocycles. The Labute approximate surface area is 125 Å². The number of amides is 1. The van der Waals surface area contributed by atoms with Crippen LogP contribution in [0.2, 0.25) is 0 Å². The molecule has 0 aliphatic heterocycles. The van der Waals surface area contributed by atoms with E-state index in [2.05, 4.69) is 12.1 Å². The SMILES string of the molecule is CN(CCCC(=O)O)C(=O)C1(C)CCCc2ccccc21. The van der Waals surface area contributed by atoms with Gasteiger partial charge in [0, 0.05) is 20.0 Å². The van der Waals surface area contributed by atoms with Crippen LogP contribution in [0, 0.1) is 0 Å². The van der Waals surface area contributed by atoms with Crippen molar-refractivity contribution in [2.75, 3.05) is 13.6 Å². The minimum atomic E-state index is -0.815. The van der Waals surface area contributed by atoms with Gasteiger partial charge in [-0.15, -0.1) is 0 Å². The number of carboxylic acids is 1. The lowest BCUT2D eigenvalue weighted by molar-refractivity contribution is -0.139. The smallest absolute Gasteiger partial charge is 0.303 e. The Balaban J connectivity index is 2.13. The van der Waals surface area contributed by atoms with Crippen LogP contribution in [0.4, 0.5) is 0 Å². The number of rotatable bonds is 5. The van der Waals surface area contributed by atoms with Crippen molar-refractivity contribution in [3.8, 4) is 0 Å². The summed E-state index contributed by atoms with van der Waals surface area (Å²) in [6.45, 7) is 2.50.